The van der Waals surface area contributed by atoms with Crippen molar-refractivity contribution in [3.8, 4) is 0 Å². The van der Waals surface area contributed by atoms with E-state index in [2.05, 4.69) is 30.1 Å². The maximum atomic E-state index is 12.2. The van der Waals surface area contributed by atoms with Crippen molar-refractivity contribution in [3.05, 3.63) is 0 Å². The molecule has 0 bridgehead atoms. The van der Waals surface area contributed by atoms with Gasteiger partial charge in [0.2, 0.25) is 15.9 Å². The summed E-state index contributed by atoms with van der Waals surface area (Å²) in [5, 5.41) is 6.08. The van der Waals surface area contributed by atoms with E-state index in [0.717, 1.165) is 45.0 Å². The molecule has 0 aromatic rings. The Morgan fingerprint density at radius 1 is 1.16 bits per heavy atom. The zero-order chi connectivity index (χ0) is 21.8. The lowest BCUT2D eigenvalue weighted by Crippen LogP contribution is -2.54. The number of nitrogens with zero attached hydrogens (tertiary/aromatic N) is 3. The average Bonchev–Trinajstić information content (AvgIpc) is 2.67. The van der Waals surface area contributed by atoms with Crippen LogP contribution in [0.5, 0.6) is 0 Å². The van der Waals surface area contributed by atoms with Crippen LogP contribution in [0.3, 0.4) is 0 Å². The maximum absolute atomic E-state index is 12.2. The SMILES string of the molecule is CCNC(=NCCS(=O)(=O)NCC1CCC1)N1CCN(CC(=O)NCCOC)CC1.I. The molecule has 0 radical (unpaired) electrons. The Balaban J connectivity index is 0.00000480. The van der Waals surface area contributed by atoms with Crippen molar-refractivity contribution in [2.24, 2.45) is 10.9 Å². The number of nitrogens with one attached hydrogen (secondary N) is 3. The Hall–Kier alpha value is -0.700. The molecule has 0 aromatic heterocycles. The molecule has 2 rings (SSSR count). The van der Waals surface area contributed by atoms with E-state index in [1.165, 1.54) is 6.42 Å². The van der Waals surface area contributed by atoms with Crippen molar-refractivity contribution in [3.63, 3.8) is 0 Å². The van der Waals surface area contributed by atoms with E-state index >= 15 is 0 Å². The number of ether oxygens (including phenoxy) is 1. The zero-order valence-corrected chi connectivity index (χ0v) is 21.9. The fourth-order valence-corrected chi connectivity index (χ4v) is 4.35. The van der Waals surface area contributed by atoms with E-state index in [-0.39, 0.29) is 42.2 Å². The molecule has 2 aliphatic rings. The second-order valence-corrected chi connectivity index (χ2v) is 9.73. The molecule has 1 aliphatic carbocycles. The molecule has 0 aromatic carbocycles. The third kappa shape index (κ3) is 11.1. The van der Waals surface area contributed by atoms with Gasteiger partial charge in [-0.3, -0.25) is 14.7 Å². The molecule has 10 nitrogen and oxygen atoms in total. The highest BCUT2D eigenvalue weighted by Gasteiger charge is 2.22. The summed E-state index contributed by atoms with van der Waals surface area (Å²) in [5.74, 6) is 1.23. The molecule has 1 amide bonds. The van der Waals surface area contributed by atoms with E-state index < -0.39 is 10.0 Å². The van der Waals surface area contributed by atoms with Crippen molar-refractivity contribution in [2.75, 3.05) is 78.4 Å². The number of rotatable bonds is 12. The molecule has 1 saturated heterocycles. The Bertz CT molecular complexity index is 652. The van der Waals surface area contributed by atoms with E-state index in [0.29, 0.717) is 38.7 Å². The zero-order valence-electron chi connectivity index (χ0n) is 18.8. The highest BCUT2D eigenvalue weighted by molar-refractivity contribution is 14.0. The van der Waals surface area contributed by atoms with E-state index in [1.807, 2.05) is 6.92 Å². The molecule has 31 heavy (non-hydrogen) atoms. The fourth-order valence-electron chi connectivity index (χ4n) is 3.38. The summed E-state index contributed by atoms with van der Waals surface area (Å²) in [6, 6.07) is 0. The smallest absolute Gasteiger partial charge is 0.234 e. The number of piperazine rings is 1. The summed E-state index contributed by atoms with van der Waals surface area (Å²) in [6.45, 7) is 7.87. The van der Waals surface area contributed by atoms with Gasteiger partial charge >= 0.3 is 0 Å². The molecule has 12 heteroatoms. The lowest BCUT2D eigenvalue weighted by Gasteiger charge is -2.36. The van der Waals surface area contributed by atoms with E-state index in [4.69, 9.17) is 4.74 Å². The van der Waals surface area contributed by atoms with Crippen molar-refractivity contribution in [1.29, 1.82) is 0 Å². The Morgan fingerprint density at radius 2 is 1.87 bits per heavy atom. The van der Waals surface area contributed by atoms with E-state index in [9.17, 15) is 13.2 Å². The number of carbonyl (C=O) groups is 1. The number of amides is 1. The van der Waals surface area contributed by atoms with Gasteiger partial charge in [-0.1, -0.05) is 6.42 Å². The minimum absolute atomic E-state index is 0. The quantitative estimate of drug-likeness (QED) is 0.127. The first kappa shape index (κ1) is 28.3. The van der Waals surface area contributed by atoms with Crippen LogP contribution in [0, 0.1) is 5.92 Å². The van der Waals surface area contributed by atoms with Crippen LogP contribution in [-0.2, 0) is 19.6 Å². The van der Waals surface area contributed by atoms with Gasteiger partial charge in [0.1, 0.15) is 0 Å². The Kier molecular flexibility index (Phi) is 13.9. The summed E-state index contributed by atoms with van der Waals surface area (Å²) >= 11 is 0. The predicted molar refractivity (Wildman–Crippen MR) is 133 cm³/mol. The summed E-state index contributed by atoms with van der Waals surface area (Å²) in [6.07, 6.45) is 3.44. The molecule has 1 aliphatic heterocycles. The van der Waals surface area contributed by atoms with Gasteiger partial charge in [0.15, 0.2) is 5.96 Å². The molecular formula is C19H39IN6O4S. The normalized spacial score (nSPS) is 18.3. The number of hydrogen-bond donors (Lipinski definition) is 3. The van der Waals surface area contributed by atoms with Crippen molar-refractivity contribution >= 4 is 45.9 Å². The van der Waals surface area contributed by atoms with Gasteiger partial charge in [0.25, 0.3) is 0 Å². The van der Waals surface area contributed by atoms with Crippen LogP contribution in [-0.4, -0.2) is 108 Å². The van der Waals surface area contributed by atoms with Crippen molar-refractivity contribution < 1.29 is 17.9 Å². The van der Waals surface area contributed by atoms with Gasteiger partial charge in [-0.25, -0.2) is 13.1 Å². The van der Waals surface area contributed by atoms with Crippen LogP contribution in [0.2, 0.25) is 0 Å². The lowest BCUT2D eigenvalue weighted by atomic mass is 9.86. The number of halogens is 1. The Morgan fingerprint density at radius 3 is 2.45 bits per heavy atom. The first-order chi connectivity index (χ1) is 14.4. The summed E-state index contributed by atoms with van der Waals surface area (Å²) in [5.41, 5.74) is 0. The number of hydrogen-bond acceptors (Lipinski definition) is 6. The highest BCUT2D eigenvalue weighted by Crippen LogP contribution is 2.25. The van der Waals surface area contributed by atoms with Gasteiger partial charge in [0.05, 0.1) is 25.4 Å². The molecule has 3 N–H and O–H groups in total. The summed E-state index contributed by atoms with van der Waals surface area (Å²) in [4.78, 5) is 20.7. The van der Waals surface area contributed by atoms with Crippen LogP contribution in [0.15, 0.2) is 4.99 Å². The first-order valence-corrected chi connectivity index (χ1v) is 12.6. The Labute approximate surface area is 204 Å². The van der Waals surface area contributed by atoms with Gasteiger partial charge in [-0.2, -0.15) is 0 Å². The summed E-state index contributed by atoms with van der Waals surface area (Å²) < 4.78 is 32.0. The third-order valence-corrected chi connectivity index (χ3v) is 6.77. The highest BCUT2D eigenvalue weighted by atomic mass is 127. The number of guanidine groups is 1. The first-order valence-electron chi connectivity index (χ1n) is 10.9. The van der Waals surface area contributed by atoms with Crippen molar-refractivity contribution in [2.45, 2.75) is 26.2 Å². The monoisotopic (exact) mass is 574 g/mol. The molecule has 0 spiro atoms. The molecular weight excluding hydrogens is 535 g/mol. The van der Waals surface area contributed by atoms with Gasteiger partial charge in [-0.15, -0.1) is 24.0 Å². The molecule has 0 unspecified atom stereocenters. The van der Waals surface area contributed by atoms with Gasteiger partial charge < -0.3 is 20.3 Å². The van der Waals surface area contributed by atoms with Crippen LogP contribution < -0.4 is 15.4 Å². The lowest BCUT2D eigenvalue weighted by molar-refractivity contribution is -0.122. The number of carbonyl (C=O) groups excluding carboxylic acids is 1. The number of sulfonamides is 1. The third-order valence-electron chi connectivity index (χ3n) is 5.44. The minimum atomic E-state index is -3.29. The molecule has 0 atom stereocenters. The van der Waals surface area contributed by atoms with Crippen LogP contribution in [0.4, 0.5) is 0 Å². The van der Waals surface area contributed by atoms with Gasteiger partial charge in [0, 0.05) is 52.9 Å². The summed E-state index contributed by atoms with van der Waals surface area (Å²) in [7, 11) is -1.68. The second-order valence-electron chi connectivity index (χ2n) is 7.81. The molecule has 2 fully saturated rings. The van der Waals surface area contributed by atoms with Gasteiger partial charge in [-0.05, 0) is 25.7 Å². The van der Waals surface area contributed by atoms with Crippen LogP contribution in [0.1, 0.15) is 26.2 Å². The second kappa shape index (κ2) is 15.2. The maximum Gasteiger partial charge on any atom is 0.234 e. The fraction of sp³-hybridized carbons (Fsp3) is 0.895. The standard InChI is InChI=1S/C19H38N6O4S.HI/c1-3-20-19(22-8-14-30(27,28)23-15-17-5-4-6-17)25-11-9-24(10-12-25)16-18(26)21-7-13-29-2;/h17,23H,3-16H2,1-2H3,(H,20,22)(H,21,26);1H. The van der Waals surface area contributed by atoms with Crippen LogP contribution in [0.25, 0.3) is 0 Å². The number of methoxy groups -OCH3 is 1. The average molecular weight is 575 g/mol. The largest absolute Gasteiger partial charge is 0.383 e. The van der Waals surface area contributed by atoms with Crippen molar-refractivity contribution in [1.82, 2.24) is 25.2 Å². The molecule has 1 heterocycles. The van der Waals surface area contributed by atoms with Crippen LogP contribution >= 0.6 is 24.0 Å². The molecule has 182 valence electrons. The number of aliphatic imine (C=N–C) groups is 1. The predicted octanol–water partition coefficient (Wildman–Crippen LogP) is -0.330. The topological polar surface area (TPSA) is 115 Å². The minimum Gasteiger partial charge on any atom is -0.383 e. The van der Waals surface area contributed by atoms with E-state index in [1.54, 1.807) is 7.11 Å². The molecule has 1 saturated carbocycles.